The second-order valence-electron chi connectivity index (χ2n) is 7.10. The normalized spacial score (nSPS) is 15.1. The molecule has 0 radical (unpaired) electrons. The maximum absolute atomic E-state index is 12.5. The van der Waals surface area contributed by atoms with Crippen molar-refractivity contribution in [2.24, 2.45) is 0 Å². The van der Waals surface area contributed by atoms with Crippen LogP contribution < -0.4 is 10.9 Å². The molecule has 1 atom stereocenters. The largest absolute Gasteiger partial charge is 0.355 e. The zero-order valence-corrected chi connectivity index (χ0v) is 16.7. The number of aromatic nitrogens is 4. The molecule has 4 aromatic rings. The molecule has 1 saturated carbocycles. The highest BCUT2D eigenvalue weighted by Gasteiger charge is 2.26. The number of hydrogen-bond acceptors (Lipinski definition) is 5. The van der Waals surface area contributed by atoms with Gasteiger partial charge in [0.2, 0.25) is 0 Å². The van der Waals surface area contributed by atoms with Gasteiger partial charge in [-0.25, -0.2) is 9.97 Å². The second kappa shape index (κ2) is 6.76. The molecule has 1 aliphatic carbocycles. The van der Waals surface area contributed by atoms with Gasteiger partial charge in [0, 0.05) is 33.7 Å². The van der Waals surface area contributed by atoms with Crippen molar-refractivity contribution in [3.63, 3.8) is 0 Å². The summed E-state index contributed by atoms with van der Waals surface area (Å²) in [5, 5.41) is 5.67. The highest BCUT2D eigenvalue weighted by atomic mass is 35.5. The maximum atomic E-state index is 12.5. The summed E-state index contributed by atoms with van der Waals surface area (Å²) in [4.78, 5) is 25.3. The molecule has 1 aliphatic rings. The SMILES string of the molecule is C[C@H](Nc1ncc(-c2cncn2C2CC2)s1)c1cc2cc(Cl)ccc2[nH]c1=O. The minimum absolute atomic E-state index is 0.113. The highest BCUT2D eigenvalue weighted by molar-refractivity contribution is 7.18. The fourth-order valence-corrected chi connectivity index (χ4v) is 4.48. The summed E-state index contributed by atoms with van der Waals surface area (Å²) in [5.41, 5.74) is 2.40. The Hall–Kier alpha value is -2.64. The second-order valence-corrected chi connectivity index (χ2v) is 8.57. The van der Waals surface area contributed by atoms with Crippen molar-refractivity contribution in [3.8, 4) is 10.6 Å². The number of halogens is 1. The van der Waals surface area contributed by atoms with E-state index in [9.17, 15) is 4.79 Å². The number of imidazole rings is 1. The van der Waals surface area contributed by atoms with Gasteiger partial charge >= 0.3 is 0 Å². The summed E-state index contributed by atoms with van der Waals surface area (Å²) in [6.45, 7) is 1.95. The van der Waals surface area contributed by atoms with Gasteiger partial charge in [-0.2, -0.15) is 0 Å². The number of aromatic amines is 1. The first-order valence-electron chi connectivity index (χ1n) is 9.15. The van der Waals surface area contributed by atoms with Crippen LogP contribution in [0.25, 0.3) is 21.5 Å². The van der Waals surface area contributed by atoms with Crippen LogP contribution in [0.2, 0.25) is 5.02 Å². The average Bonchev–Trinajstić information content (AvgIpc) is 3.21. The molecule has 3 heterocycles. The quantitative estimate of drug-likeness (QED) is 0.484. The fraction of sp³-hybridized carbons (Fsp3) is 0.250. The van der Waals surface area contributed by atoms with Gasteiger partial charge in [0.25, 0.3) is 5.56 Å². The van der Waals surface area contributed by atoms with Crippen LogP contribution in [0.3, 0.4) is 0 Å². The van der Waals surface area contributed by atoms with Crippen molar-refractivity contribution in [2.45, 2.75) is 31.8 Å². The van der Waals surface area contributed by atoms with Gasteiger partial charge in [-0.05, 0) is 44.0 Å². The van der Waals surface area contributed by atoms with E-state index in [1.165, 1.54) is 12.8 Å². The van der Waals surface area contributed by atoms with Crippen molar-refractivity contribution < 1.29 is 0 Å². The zero-order valence-electron chi connectivity index (χ0n) is 15.1. The summed E-state index contributed by atoms with van der Waals surface area (Å²) in [6, 6.07) is 7.69. The molecule has 28 heavy (non-hydrogen) atoms. The maximum Gasteiger partial charge on any atom is 0.253 e. The molecule has 142 valence electrons. The summed E-state index contributed by atoms with van der Waals surface area (Å²) >= 11 is 7.66. The van der Waals surface area contributed by atoms with Crippen LogP contribution >= 0.6 is 22.9 Å². The van der Waals surface area contributed by atoms with Gasteiger partial charge < -0.3 is 14.9 Å². The lowest BCUT2D eigenvalue weighted by molar-refractivity contribution is 0.749. The summed E-state index contributed by atoms with van der Waals surface area (Å²) in [6.07, 6.45) is 8.05. The van der Waals surface area contributed by atoms with E-state index >= 15 is 0 Å². The lowest BCUT2D eigenvalue weighted by atomic mass is 10.1. The molecule has 8 heteroatoms. The van der Waals surface area contributed by atoms with Crippen LogP contribution in [0.15, 0.2) is 47.8 Å². The molecule has 2 N–H and O–H groups in total. The van der Waals surface area contributed by atoms with Crippen molar-refractivity contribution in [1.29, 1.82) is 0 Å². The third kappa shape index (κ3) is 3.21. The number of fused-ring (bicyclic) bond motifs is 1. The van der Waals surface area contributed by atoms with Crippen molar-refractivity contribution >= 4 is 39.0 Å². The van der Waals surface area contributed by atoms with Crippen molar-refractivity contribution in [2.75, 3.05) is 5.32 Å². The van der Waals surface area contributed by atoms with Crippen LogP contribution in [-0.4, -0.2) is 19.5 Å². The standard InChI is InChI=1S/C20H18ClN5OS/c1-11(15-7-12-6-13(21)2-5-16(12)25-19(15)27)24-20-23-9-18(28-20)17-8-22-10-26(17)14-3-4-14/h2,5-11,14H,3-4H2,1H3,(H,23,24)(H,25,27)/t11-/m0/s1. The van der Waals surface area contributed by atoms with Crippen LogP contribution in [-0.2, 0) is 0 Å². The van der Waals surface area contributed by atoms with E-state index in [0.717, 1.165) is 26.6 Å². The predicted octanol–water partition coefficient (Wildman–Crippen LogP) is 5.01. The number of H-pyrrole nitrogens is 1. The molecule has 0 unspecified atom stereocenters. The van der Waals surface area contributed by atoms with Crippen LogP contribution in [0.5, 0.6) is 0 Å². The first kappa shape index (κ1) is 17.5. The Labute approximate surface area is 170 Å². The number of thiazole rings is 1. The fourth-order valence-electron chi connectivity index (χ4n) is 3.38. The number of rotatable bonds is 5. The molecule has 0 amide bonds. The van der Waals surface area contributed by atoms with Gasteiger partial charge in [0.15, 0.2) is 5.13 Å². The van der Waals surface area contributed by atoms with E-state index in [2.05, 4.69) is 24.8 Å². The van der Waals surface area contributed by atoms with Gasteiger partial charge in [-0.3, -0.25) is 4.79 Å². The predicted molar refractivity (Wildman–Crippen MR) is 113 cm³/mol. The van der Waals surface area contributed by atoms with Gasteiger partial charge in [0.1, 0.15) is 0 Å². The number of nitrogens with zero attached hydrogens (tertiary/aromatic N) is 3. The minimum Gasteiger partial charge on any atom is -0.355 e. The Morgan fingerprint density at radius 2 is 2.18 bits per heavy atom. The smallest absolute Gasteiger partial charge is 0.253 e. The van der Waals surface area contributed by atoms with E-state index in [1.54, 1.807) is 17.4 Å². The number of anilines is 1. The zero-order chi connectivity index (χ0) is 19.3. The van der Waals surface area contributed by atoms with E-state index in [-0.39, 0.29) is 11.6 Å². The number of benzene rings is 1. The Morgan fingerprint density at radius 1 is 1.32 bits per heavy atom. The number of nitrogens with one attached hydrogen (secondary N) is 2. The summed E-state index contributed by atoms with van der Waals surface area (Å²) in [7, 11) is 0. The topological polar surface area (TPSA) is 75.6 Å². The molecule has 0 saturated heterocycles. The van der Waals surface area contributed by atoms with Crippen molar-refractivity contribution in [3.05, 3.63) is 63.9 Å². The molecule has 3 aromatic heterocycles. The Bertz CT molecular complexity index is 1220. The summed E-state index contributed by atoms with van der Waals surface area (Å²) in [5.74, 6) is 0. The average molecular weight is 412 g/mol. The molecular formula is C20H18ClN5OS. The molecule has 1 fully saturated rings. The molecule has 5 rings (SSSR count). The third-order valence-electron chi connectivity index (χ3n) is 5.01. The van der Waals surface area contributed by atoms with Crippen molar-refractivity contribution in [1.82, 2.24) is 19.5 Å². The monoisotopic (exact) mass is 411 g/mol. The molecule has 0 aliphatic heterocycles. The molecule has 6 nitrogen and oxygen atoms in total. The van der Waals surface area contributed by atoms with Gasteiger partial charge in [-0.15, -0.1) is 0 Å². The number of pyridine rings is 1. The highest BCUT2D eigenvalue weighted by Crippen LogP contribution is 2.40. The summed E-state index contributed by atoms with van der Waals surface area (Å²) < 4.78 is 2.22. The molecule has 0 spiro atoms. The number of hydrogen-bond donors (Lipinski definition) is 2. The molecule has 0 bridgehead atoms. The minimum atomic E-state index is -0.195. The van der Waals surface area contributed by atoms with Gasteiger partial charge in [0.05, 0.1) is 29.1 Å². The van der Waals surface area contributed by atoms with E-state index in [4.69, 9.17) is 11.6 Å². The van der Waals surface area contributed by atoms with E-state index < -0.39 is 0 Å². The Kier molecular flexibility index (Phi) is 4.21. The lowest BCUT2D eigenvalue weighted by Crippen LogP contribution is -2.19. The first-order valence-corrected chi connectivity index (χ1v) is 10.3. The Balaban J connectivity index is 1.41. The molecule has 1 aromatic carbocycles. The lowest BCUT2D eigenvalue weighted by Gasteiger charge is -2.13. The van der Waals surface area contributed by atoms with E-state index in [1.807, 2.05) is 43.8 Å². The van der Waals surface area contributed by atoms with E-state index in [0.29, 0.717) is 16.6 Å². The molecular weight excluding hydrogens is 394 g/mol. The third-order valence-corrected chi connectivity index (χ3v) is 6.19. The Morgan fingerprint density at radius 3 is 3.00 bits per heavy atom. The van der Waals surface area contributed by atoms with Gasteiger partial charge in [-0.1, -0.05) is 22.9 Å². The van der Waals surface area contributed by atoms with Crippen LogP contribution in [0.4, 0.5) is 5.13 Å². The first-order chi connectivity index (χ1) is 13.6. The van der Waals surface area contributed by atoms with Crippen LogP contribution in [0, 0.1) is 0 Å². The van der Waals surface area contributed by atoms with Crippen LogP contribution in [0.1, 0.15) is 37.4 Å².